The normalized spacial score (nSPS) is 11.3. The quantitative estimate of drug-likeness (QED) is 0.224. The van der Waals surface area contributed by atoms with E-state index in [9.17, 15) is 14.0 Å². The second-order valence-corrected chi connectivity index (χ2v) is 10.1. The predicted molar refractivity (Wildman–Crippen MR) is 165 cm³/mol. The van der Waals surface area contributed by atoms with Gasteiger partial charge in [-0.1, -0.05) is 42.5 Å². The summed E-state index contributed by atoms with van der Waals surface area (Å²) in [5.74, 6) is -0.119. The number of methoxy groups -OCH3 is 3. The van der Waals surface area contributed by atoms with Crippen LogP contribution in [0.2, 0.25) is 0 Å². The Kier molecular flexibility index (Phi) is 10.2. The smallest absolute Gasteiger partial charge is 0.251 e. The fraction of sp³-hybridized carbons (Fsp3) is 0.235. The Balaban J connectivity index is 1.84. The number of anilines is 2. The van der Waals surface area contributed by atoms with Crippen LogP contribution in [0, 0.1) is 5.82 Å². The van der Waals surface area contributed by atoms with Gasteiger partial charge < -0.3 is 29.3 Å². The topological polar surface area (TPSA) is 80.3 Å². The summed E-state index contributed by atoms with van der Waals surface area (Å²) in [7, 11) is 8.32. The molecule has 224 valence electrons. The first kappa shape index (κ1) is 30.9. The lowest BCUT2D eigenvalue weighted by molar-refractivity contribution is -0.139. The van der Waals surface area contributed by atoms with Gasteiger partial charge in [0, 0.05) is 32.0 Å². The van der Waals surface area contributed by atoms with Gasteiger partial charge >= 0.3 is 0 Å². The van der Waals surface area contributed by atoms with Crippen LogP contribution in [0.25, 0.3) is 0 Å². The van der Waals surface area contributed by atoms with Crippen LogP contribution in [0.1, 0.15) is 22.7 Å². The predicted octanol–water partition coefficient (Wildman–Crippen LogP) is 5.87. The van der Waals surface area contributed by atoms with Gasteiger partial charge in [0.25, 0.3) is 5.91 Å². The van der Waals surface area contributed by atoms with Crippen molar-refractivity contribution in [2.75, 3.05) is 45.6 Å². The van der Waals surface area contributed by atoms with E-state index in [0.717, 1.165) is 11.3 Å². The summed E-state index contributed by atoms with van der Waals surface area (Å²) < 4.78 is 30.5. The lowest BCUT2D eigenvalue weighted by atomic mass is 10.00. The molecule has 0 aliphatic rings. The molecule has 4 aromatic rings. The molecule has 0 fully saturated rings. The molecule has 1 N–H and O–H groups in total. The Labute approximate surface area is 251 Å². The zero-order valence-electron chi connectivity index (χ0n) is 25.0. The van der Waals surface area contributed by atoms with E-state index in [4.69, 9.17) is 14.2 Å². The van der Waals surface area contributed by atoms with Gasteiger partial charge in [0.05, 0.1) is 27.8 Å². The van der Waals surface area contributed by atoms with Crippen molar-refractivity contribution in [1.82, 2.24) is 4.90 Å². The van der Waals surface area contributed by atoms with Gasteiger partial charge in [-0.3, -0.25) is 9.59 Å². The number of hydrogen-bond donors (Lipinski definition) is 1. The molecule has 0 aliphatic carbocycles. The number of rotatable bonds is 12. The van der Waals surface area contributed by atoms with Gasteiger partial charge in [-0.05, 0) is 65.2 Å². The molecule has 4 rings (SSSR count). The van der Waals surface area contributed by atoms with E-state index in [1.807, 2.05) is 61.5 Å². The van der Waals surface area contributed by atoms with Crippen LogP contribution in [-0.2, 0) is 22.6 Å². The number of carbonyl (C=O) groups is 2. The van der Waals surface area contributed by atoms with E-state index in [1.165, 1.54) is 38.4 Å². The summed E-state index contributed by atoms with van der Waals surface area (Å²) in [6.45, 7) is 0.0419. The highest BCUT2D eigenvalue weighted by molar-refractivity contribution is 5.98. The number of carbonyl (C=O) groups excluding carboxylic acids is 2. The molecule has 9 heteroatoms. The van der Waals surface area contributed by atoms with Gasteiger partial charge in [-0.15, -0.1) is 0 Å². The Morgan fingerprint density at radius 1 is 0.791 bits per heavy atom. The van der Waals surface area contributed by atoms with E-state index in [1.54, 1.807) is 36.4 Å². The van der Waals surface area contributed by atoms with Crippen molar-refractivity contribution in [2.45, 2.75) is 19.0 Å². The largest absolute Gasteiger partial charge is 0.493 e. The van der Waals surface area contributed by atoms with Crippen molar-refractivity contribution >= 4 is 23.2 Å². The van der Waals surface area contributed by atoms with Crippen LogP contribution in [0.5, 0.6) is 17.2 Å². The van der Waals surface area contributed by atoms with Crippen molar-refractivity contribution in [3.05, 3.63) is 114 Å². The molecule has 43 heavy (non-hydrogen) atoms. The van der Waals surface area contributed by atoms with Gasteiger partial charge in [0.1, 0.15) is 11.9 Å². The van der Waals surface area contributed by atoms with E-state index in [-0.39, 0.29) is 18.9 Å². The highest BCUT2D eigenvalue weighted by Gasteiger charge is 2.33. The summed E-state index contributed by atoms with van der Waals surface area (Å²) in [5, 5.41) is 2.98. The summed E-state index contributed by atoms with van der Waals surface area (Å²) in [5.41, 5.74) is 3.42. The molecule has 0 spiro atoms. The number of halogens is 1. The molecule has 0 saturated heterocycles. The molecule has 0 heterocycles. The molecule has 1 unspecified atom stereocenters. The van der Waals surface area contributed by atoms with E-state index in [0.29, 0.717) is 34.1 Å². The molecule has 8 nitrogen and oxygen atoms in total. The molecular weight excluding hydrogens is 549 g/mol. The first-order valence-electron chi connectivity index (χ1n) is 13.7. The fourth-order valence-electron chi connectivity index (χ4n) is 4.77. The number of amides is 2. The molecule has 0 aromatic heterocycles. The van der Waals surface area contributed by atoms with Crippen LogP contribution in [0.3, 0.4) is 0 Å². The third kappa shape index (κ3) is 7.62. The molecule has 0 saturated carbocycles. The maximum Gasteiger partial charge on any atom is 0.251 e. The third-order valence-electron chi connectivity index (χ3n) is 7.00. The van der Waals surface area contributed by atoms with Gasteiger partial charge in [0.15, 0.2) is 11.5 Å². The second kappa shape index (κ2) is 14.2. The lowest BCUT2D eigenvalue weighted by Gasteiger charge is -2.32. The average molecular weight is 586 g/mol. The number of hydrogen-bond acceptors (Lipinski definition) is 6. The maximum absolute atomic E-state index is 14.2. The minimum atomic E-state index is -1.12. The minimum Gasteiger partial charge on any atom is -0.493 e. The standard InChI is InChI=1S/C34H36FN3O5/c1-37(2)28-17-15-27(16-18-28)36-34(40)32(25-20-29(41-3)33(43-5)30(21-25)42-4)38(22-24-11-13-26(35)14-12-24)31(39)19-23-9-7-6-8-10-23/h6-18,20-21,32H,19,22H2,1-5H3,(H,36,40). The van der Waals surface area contributed by atoms with Crippen LogP contribution in [-0.4, -0.2) is 52.1 Å². The Bertz CT molecular complexity index is 1500. The van der Waals surface area contributed by atoms with Gasteiger partial charge in [0.2, 0.25) is 11.7 Å². The van der Waals surface area contributed by atoms with Crippen LogP contribution in [0.4, 0.5) is 15.8 Å². The number of nitrogens with zero attached hydrogens (tertiary/aromatic N) is 2. The van der Waals surface area contributed by atoms with Crippen molar-refractivity contribution in [3.63, 3.8) is 0 Å². The highest BCUT2D eigenvalue weighted by atomic mass is 19.1. The van der Waals surface area contributed by atoms with Crippen molar-refractivity contribution in [3.8, 4) is 17.2 Å². The Morgan fingerprint density at radius 3 is 1.93 bits per heavy atom. The third-order valence-corrected chi connectivity index (χ3v) is 7.00. The molecule has 4 aromatic carbocycles. The van der Waals surface area contributed by atoms with Crippen molar-refractivity contribution < 1.29 is 28.2 Å². The van der Waals surface area contributed by atoms with Crippen LogP contribution in [0.15, 0.2) is 91.0 Å². The number of ether oxygens (including phenoxy) is 3. The first-order chi connectivity index (χ1) is 20.7. The lowest BCUT2D eigenvalue weighted by Crippen LogP contribution is -2.41. The fourth-order valence-corrected chi connectivity index (χ4v) is 4.77. The molecule has 0 radical (unpaired) electrons. The molecular formula is C34H36FN3O5. The Morgan fingerprint density at radius 2 is 1.40 bits per heavy atom. The molecule has 0 aliphatic heterocycles. The highest BCUT2D eigenvalue weighted by Crippen LogP contribution is 2.41. The van der Waals surface area contributed by atoms with Gasteiger partial charge in [-0.25, -0.2) is 4.39 Å². The van der Waals surface area contributed by atoms with E-state index >= 15 is 0 Å². The van der Waals surface area contributed by atoms with E-state index in [2.05, 4.69) is 5.32 Å². The summed E-state index contributed by atoms with van der Waals surface area (Å²) in [4.78, 5) is 31.8. The van der Waals surface area contributed by atoms with Crippen molar-refractivity contribution in [1.29, 1.82) is 0 Å². The average Bonchev–Trinajstić information content (AvgIpc) is 3.01. The zero-order chi connectivity index (χ0) is 30.9. The number of benzene rings is 4. The molecule has 2 amide bonds. The SMILES string of the molecule is COc1cc(C(C(=O)Nc2ccc(N(C)C)cc2)N(Cc2ccc(F)cc2)C(=O)Cc2ccccc2)cc(OC)c1OC. The first-order valence-corrected chi connectivity index (χ1v) is 13.7. The van der Waals surface area contributed by atoms with Crippen molar-refractivity contribution in [2.24, 2.45) is 0 Å². The van der Waals surface area contributed by atoms with Crippen LogP contribution < -0.4 is 24.4 Å². The zero-order valence-corrected chi connectivity index (χ0v) is 25.0. The second-order valence-electron chi connectivity index (χ2n) is 10.1. The van der Waals surface area contributed by atoms with E-state index < -0.39 is 17.8 Å². The molecule has 1 atom stereocenters. The Hall–Kier alpha value is -5.05. The van der Waals surface area contributed by atoms with Gasteiger partial charge in [-0.2, -0.15) is 0 Å². The minimum absolute atomic E-state index is 0.0419. The number of nitrogens with one attached hydrogen (secondary N) is 1. The summed E-state index contributed by atoms with van der Waals surface area (Å²) in [6, 6.07) is 24.7. The molecule has 0 bridgehead atoms. The van der Waals surface area contributed by atoms with Crippen LogP contribution >= 0.6 is 0 Å². The maximum atomic E-state index is 14.2. The summed E-state index contributed by atoms with van der Waals surface area (Å²) in [6.07, 6.45) is 0.0494. The monoisotopic (exact) mass is 585 g/mol. The summed E-state index contributed by atoms with van der Waals surface area (Å²) >= 11 is 0.